The van der Waals surface area contributed by atoms with Gasteiger partial charge in [0.15, 0.2) is 5.82 Å². The topological polar surface area (TPSA) is 35.0 Å². The van der Waals surface area contributed by atoms with Crippen LogP contribution in [0.4, 0.5) is 0 Å². The molecular weight excluding hydrogens is 448 g/mol. The number of hydrogen-bond donors (Lipinski definition) is 0. The summed E-state index contributed by atoms with van der Waals surface area (Å²) in [6.45, 7) is 5.31. The number of rotatable bonds is 18. The quantitative estimate of drug-likeness (QED) is 0.166. The molecule has 0 amide bonds. The predicted molar refractivity (Wildman–Crippen MR) is 151 cm³/mol. The monoisotopic (exact) mass is 492 g/mol. The van der Waals surface area contributed by atoms with E-state index in [-0.39, 0.29) is 0 Å². The van der Waals surface area contributed by atoms with Gasteiger partial charge in [0.2, 0.25) is 0 Å². The van der Waals surface area contributed by atoms with Crippen molar-refractivity contribution in [1.29, 1.82) is 0 Å². The zero-order valence-electron chi connectivity index (χ0n) is 21.9. The Balaban J connectivity index is 1.41. The minimum Gasteiger partial charge on any atom is -0.494 e. The number of nitrogens with zero attached hydrogens (tertiary/aromatic N) is 2. The van der Waals surface area contributed by atoms with Gasteiger partial charge in [0.1, 0.15) is 5.75 Å². The fourth-order valence-electron chi connectivity index (χ4n) is 4.30. The molecule has 0 bridgehead atoms. The molecule has 4 heteroatoms. The summed E-state index contributed by atoms with van der Waals surface area (Å²) >= 11 is 1.88. The third-order valence-corrected chi connectivity index (χ3v) is 7.70. The summed E-state index contributed by atoms with van der Waals surface area (Å²) in [5.74, 6) is 1.68. The normalized spacial score (nSPS) is 11.1. The molecule has 3 nitrogen and oxygen atoms in total. The maximum absolute atomic E-state index is 5.88. The summed E-state index contributed by atoms with van der Waals surface area (Å²) in [6, 6.07) is 12.6. The molecule has 0 N–H and O–H groups in total. The lowest BCUT2D eigenvalue weighted by atomic mass is 10.1. The fourth-order valence-corrected chi connectivity index (χ4v) is 5.33. The molecule has 0 spiro atoms. The Morgan fingerprint density at radius 1 is 0.629 bits per heavy atom. The average Bonchev–Trinajstić information content (AvgIpc) is 3.37. The summed E-state index contributed by atoms with van der Waals surface area (Å²) in [4.78, 5) is 12.0. The Hall–Kier alpha value is -2.20. The van der Waals surface area contributed by atoms with Crippen molar-refractivity contribution in [3.05, 3.63) is 53.7 Å². The van der Waals surface area contributed by atoms with Crippen molar-refractivity contribution in [2.45, 2.75) is 104 Å². The largest absolute Gasteiger partial charge is 0.494 e. The first-order valence-corrected chi connectivity index (χ1v) is 14.8. The Labute approximate surface area is 217 Å². The first kappa shape index (κ1) is 27.4. The number of unbranched alkanes of at least 4 members (excludes halogenated alkanes) is 11. The van der Waals surface area contributed by atoms with Crippen LogP contribution in [0, 0.1) is 0 Å². The first-order valence-electron chi connectivity index (χ1n) is 13.9. The Morgan fingerprint density at radius 3 is 1.89 bits per heavy atom. The molecule has 0 aliphatic carbocycles. The number of benzene rings is 1. The van der Waals surface area contributed by atoms with E-state index in [1.54, 1.807) is 0 Å². The molecule has 3 aromatic rings. The van der Waals surface area contributed by atoms with E-state index in [9.17, 15) is 0 Å². The van der Waals surface area contributed by atoms with Crippen molar-refractivity contribution < 1.29 is 4.74 Å². The third-order valence-electron chi connectivity index (χ3n) is 6.50. The molecule has 0 unspecified atom stereocenters. The maximum atomic E-state index is 5.88. The lowest BCUT2D eigenvalue weighted by molar-refractivity contribution is 0.304. The second-order valence-electron chi connectivity index (χ2n) is 9.57. The van der Waals surface area contributed by atoms with E-state index in [1.165, 1.54) is 93.2 Å². The Bertz CT molecular complexity index is 933. The first-order chi connectivity index (χ1) is 17.3. The lowest BCUT2D eigenvalue weighted by Crippen LogP contribution is -1.97. The van der Waals surface area contributed by atoms with Crippen molar-refractivity contribution in [1.82, 2.24) is 9.97 Å². The highest BCUT2D eigenvalue weighted by atomic mass is 32.1. The molecule has 0 aliphatic rings. The summed E-state index contributed by atoms with van der Waals surface area (Å²) in [5, 5.41) is 0. The molecule has 3 rings (SSSR count). The highest BCUT2D eigenvalue weighted by molar-refractivity contribution is 7.15. The standard InChI is InChI=1S/C31H44N2OS/c1-3-5-7-9-10-11-12-14-16-29-21-22-30(35-29)27-24-32-31(33-25-27)26-17-19-28(20-18-26)34-23-15-13-8-6-4-2/h17-22,24-25H,3-16,23H2,1-2H3. The van der Waals surface area contributed by atoms with Crippen molar-refractivity contribution in [2.24, 2.45) is 0 Å². The summed E-state index contributed by atoms with van der Waals surface area (Å²) in [6.07, 6.45) is 22.3. The number of aryl methyl sites for hydroxylation is 1. The van der Waals surface area contributed by atoms with Gasteiger partial charge in [-0.25, -0.2) is 9.97 Å². The minimum atomic E-state index is 0.760. The van der Waals surface area contributed by atoms with E-state index in [2.05, 4.69) is 48.1 Å². The molecule has 1 aromatic carbocycles. The summed E-state index contributed by atoms with van der Waals surface area (Å²) in [7, 11) is 0. The van der Waals surface area contributed by atoms with Crippen molar-refractivity contribution in [3.8, 4) is 27.6 Å². The van der Waals surface area contributed by atoms with E-state index in [0.717, 1.165) is 35.7 Å². The fraction of sp³-hybridized carbons (Fsp3) is 0.548. The molecule has 2 heterocycles. The van der Waals surface area contributed by atoms with Crippen LogP contribution in [0.2, 0.25) is 0 Å². The molecule has 0 radical (unpaired) electrons. The van der Waals surface area contributed by atoms with Gasteiger partial charge in [0.05, 0.1) is 6.61 Å². The number of hydrogen-bond acceptors (Lipinski definition) is 4. The highest BCUT2D eigenvalue weighted by Crippen LogP contribution is 2.29. The molecule has 0 fully saturated rings. The molecule has 0 saturated heterocycles. The zero-order valence-corrected chi connectivity index (χ0v) is 22.8. The Morgan fingerprint density at radius 2 is 1.23 bits per heavy atom. The maximum Gasteiger partial charge on any atom is 0.159 e. The van der Waals surface area contributed by atoms with Crippen LogP contribution in [0.3, 0.4) is 0 Å². The van der Waals surface area contributed by atoms with Gasteiger partial charge in [0.25, 0.3) is 0 Å². The van der Waals surface area contributed by atoms with E-state index in [0.29, 0.717) is 0 Å². The van der Waals surface area contributed by atoms with Crippen LogP contribution < -0.4 is 4.74 Å². The molecule has 190 valence electrons. The number of aromatic nitrogens is 2. The summed E-state index contributed by atoms with van der Waals surface area (Å²) < 4.78 is 5.88. The van der Waals surface area contributed by atoms with Crippen LogP contribution >= 0.6 is 11.3 Å². The van der Waals surface area contributed by atoms with E-state index in [1.807, 2.05) is 35.9 Å². The molecule has 0 atom stereocenters. The SMILES string of the molecule is CCCCCCCCCCc1ccc(-c2cnc(-c3ccc(OCCCCCCC)cc3)nc2)s1. The van der Waals surface area contributed by atoms with Gasteiger partial charge >= 0.3 is 0 Å². The van der Waals surface area contributed by atoms with Gasteiger partial charge in [-0.2, -0.15) is 0 Å². The summed E-state index contributed by atoms with van der Waals surface area (Å²) in [5.41, 5.74) is 2.12. The lowest BCUT2D eigenvalue weighted by Gasteiger charge is -2.07. The molecule has 2 aromatic heterocycles. The van der Waals surface area contributed by atoms with Gasteiger partial charge < -0.3 is 4.74 Å². The van der Waals surface area contributed by atoms with Crippen LogP contribution in [-0.4, -0.2) is 16.6 Å². The molecule has 35 heavy (non-hydrogen) atoms. The number of thiophene rings is 1. The van der Waals surface area contributed by atoms with E-state index >= 15 is 0 Å². The third kappa shape index (κ3) is 10.1. The zero-order chi connectivity index (χ0) is 24.6. The molecular formula is C31H44N2OS. The molecule has 0 saturated carbocycles. The second kappa shape index (κ2) is 16.5. The Kier molecular flexibility index (Phi) is 12.9. The highest BCUT2D eigenvalue weighted by Gasteiger charge is 2.07. The van der Waals surface area contributed by atoms with Gasteiger partial charge in [-0.3, -0.25) is 0 Å². The average molecular weight is 493 g/mol. The van der Waals surface area contributed by atoms with Crippen LogP contribution in [0.1, 0.15) is 102 Å². The second-order valence-corrected chi connectivity index (χ2v) is 10.7. The van der Waals surface area contributed by atoms with Crippen molar-refractivity contribution in [3.63, 3.8) is 0 Å². The minimum absolute atomic E-state index is 0.760. The van der Waals surface area contributed by atoms with Crippen LogP contribution in [-0.2, 0) is 6.42 Å². The number of ether oxygens (including phenoxy) is 1. The van der Waals surface area contributed by atoms with Crippen LogP contribution in [0.5, 0.6) is 5.75 Å². The predicted octanol–water partition coefficient (Wildman–Crippen LogP) is 9.90. The van der Waals surface area contributed by atoms with Gasteiger partial charge in [-0.1, -0.05) is 84.5 Å². The van der Waals surface area contributed by atoms with Gasteiger partial charge in [-0.05, 0) is 55.7 Å². The van der Waals surface area contributed by atoms with E-state index in [4.69, 9.17) is 4.74 Å². The van der Waals surface area contributed by atoms with Crippen LogP contribution in [0.25, 0.3) is 21.8 Å². The van der Waals surface area contributed by atoms with Gasteiger partial charge in [-0.15, -0.1) is 11.3 Å². The molecule has 0 aliphatic heterocycles. The van der Waals surface area contributed by atoms with Crippen molar-refractivity contribution in [2.75, 3.05) is 6.61 Å². The van der Waals surface area contributed by atoms with Crippen LogP contribution in [0.15, 0.2) is 48.8 Å². The smallest absolute Gasteiger partial charge is 0.159 e. The van der Waals surface area contributed by atoms with Crippen molar-refractivity contribution >= 4 is 11.3 Å². The van der Waals surface area contributed by atoms with Gasteiger partial charge in [0, 0.05) is 33.3 Å². The van der Waals surface area contributed by atoms with E-state index < -0.39 is 0 Å².